The molecule has 1 aromatic heterocycles. The summed E-state index contributed by atoms with van der Waals surface area (Å²) in [5.41, 5.74) is 3.23. The van der Waals surface area contributed by atoms with Crippen molar-refractivity contribution < 1.29 is 9.59 Å². The fraction of sp³-hybridized carbons (Fsp3) is 0.294. The summed E-state index contributed by atoms with van der Waals surface area (Å²) in [5, 5.41) is 4.92. The van der Waals surface area contributed by atoms with E-state index in [-0.39, 0.29) is 11.8 Å². The third-order valence-corrected chi connectivity index (χ3v) is 4.75. The monoisotopic (exact) mass is 314 g/mol. The van der Waals surface area contributed by atoms with Gasteiger partial charge >= 0.3 is 0 Å². The van der Waals surface area contributed by atoms with Crippen molar-refractivity contribution in [1.29, 1.82) is 0 Å². The summed E-state index contributed by atoms with van der Waals surface area (Å²) in [6.07, 6.45) is 1.70. The predicted octanol–water partition coefficient (Wildman–Crippen LogP) is 2.17. The molecule has 0 fully saturated rings. The second kappa shape index (κ2) is 6.32. The van der Waals surface area contributed by atoms with Crippen LogP contribution in [0.1, 0.15) is 16.0 Å². The third kappa shape index (κ3) is 3.20. The zero-order valence-corrected chi connectivity index (χ0v) is 13.3. The molecule has 5 heteroatoms. The summed E-state index contributed by atoms with van der Waals surface area (Å²) < 4.78 is 0. The maximum Gasteiger partial charge on any atom is 0.231 e. The van der Waals surface area contributed by atoms with Crippen LogP contribution < -0.4 is 10.2 Å². The van der Waals surface area contributed by atoms with Crippen LogP contribution in [-0.4, -0.2) is 25.4 Å². The van der Waals surface area contributed by atoms with Gasteiger partial charge in [0.2, 0.25) is 11.8 Å². The molecule has 0 bridgehead atoms. The summed E-state index contributed by atoms with van der Waals surface area (Å²) in [5.74, 6) is 0.190. The van der Waals surface area contributed by atoms with Gasteiger partial charge in [-0.3, -0.25) is 9.59 Å². The molecule has 4 nitrogen and oxygen atoms in total. The first-order valence-corrected chi connectivity index (χ1v) is 8.19. The van der Waals surface area contributed by atoms with Gasteiger partial charge in [-0.15, -0.1) is 11.3 Å². The standard InChI is InChI=1S/C17H18N2O2S/c1-19-15-5-4-12(9-13(15)10-17(19)21)6-7-18-16(20)11-14-3-2-8-22-14/h2-5,8-9H,6-7,10-11H2,1H3,(H,18,20). The SMILES string of the molecule is CN1C(=O)Cc2cc(CCNC(=O)Cc3cccs3)ccc21. The number of benzene rings is 1. The minimum absolute atomic E-state index is 0.0542. The van der Waals surface area contributed by atoms with Gasteiger partial charge in [-0.05, 0) is 35.1 Å². The van der Waals surface area contributed by atoms with E-state index in [0.717, 1.165) is 28.1 Å². The number of likely N-dealkylation sites (N-methyl/N-ethyl adjacent to an activating group) is 1. The zero-order valence-electron chi connectivity index (χ0n) is 12.5. The number of rotatable bonds is 5. The first-order chi connectivity index (χ1) is 10.6. The topological polar surface area (TPSA) is 49.4 Å². The number of amides is 2. The molecule has 2 amide bonds. The van der Waals surface area contributed by atoms with Crippen molar-refractivity contribution in [2.24, 2.45) is 0 Å². The lowest BCUT2D eigenvalue weighted by molar-refractivity contribution is -0.120. The predicted molar refractivity (Wildman–Crippen MR) is 88.3 cm³/mol. The Morgan fingerprint density at radius 3 is 3.00 bits per heavy atom. The van der Waals surface area contributed by atoms with Gasteiger partial charge < -0.3 is 10.2 Å². The maximum absolute atomic E-state index is 11.8. The Morgan fingerprint density at radius 1 is 1.36 bits per heavy atom. The lowest BCUT2D eigenvalue weighted by Gasteiger charge is -2.10. The number of nitrogens with one attached hydrogen (secondary N) is 1. The van der Waals surface area contributed by atoms with Crippen LogP contribution in [0, 0.1) is 0 Å². The van der Waals surface area contributed by atoms with Gasteiger partial charge in [0.1, 0.15) is 0 Å². The van der Waals surface area contributed by atoms with Gasteiger partial charge in [-0.1, -0.05) is 18.2 Å². The Bertz CT molecular complexity index is 695. The van der Waals surface area contributed by atoms with E-state index in [4.69, 9.17) is 0 Å². The van der Waals surface area contributed by atoms with Crippen molar-refractivity contribution in [3.05, 3.63) is 51.7 Å². The molecule has 0 saturated carbocycles. The van der Waals surface area contributed by atoms with Crippen LogP contribution in [0.3, 0.4) is 0 Å². The molecule has 1 aliphatic heterocycles. The van der Waals surface area contributed by atoms with Gasteiger partial charge in [0.15, 0.2) is 0 Å². The molecule has 1 N–H and O–H groups in total. The number of hydrogen-bond acceptors (Lipinski definition) is 3. The minimum Gasteiger partial charge on any atom is -0.355 e. The number of hydrogen-bond donors (Lipinski definition) is 1. The Kier molecular flexibility index (Phi) is 4.24. The highest BCUT2D eigenvalue weighted by Gasteiger charge is 2.23. The summed E-state index contributed by atoms with van der Waals surface area (Å²) in [6, 6.07) is 10.0. The summed E-state index contributed by atoms with van der Waals surface area (Å²) in [7, 11) is 1.80. The number of carbonyl (C=O) groups excluding carboxylic acids is 2. The highest BCUT2D eigenvalue weighted by atomic mass is 32.1. The molecule has 2 aromatic rings. The molecule has 0 aliphatic carbocycles. The molecule has 1 aliphatic rings. The zero-order chi connectivity index (χ0) is 15.5. The van der Waals surface area contributed by atoms with Gasteiger partial charge in [0, 0.05) is 24.2 Å². The van der Waals surface area contributed by atoms with Gasteiger partial charge in [0.25, 0.3) is 0 Å². The Morgan fingerprint density at radius 2 is 2.23 bits per heavy atom. The lowest BCUT2D eigenvalue weighted by Crippen LogP contribution is -2.26. The molecule has 114 valence electrons. The minimum atomic E-state index is 0.0542. The second-order valence-corrected chi connectivity index (χ2v) is 6.48. The molecular weight excluding hydrogens is 296 g/mol. The van der Waals surface area contributed by atoms with E-state index in [2.05, 4.69) is 11.4 Å². The van der Waals surface area contributed by atoms with Crippen LogP contribution in [0.4, 0.5) is 5.69 Å². The molecule has 22 heavy (non-hydrogen) atoms. The van der Waals surface area contributed by atoms with E-state index in [1.54, 1.807) is 23.3 Å². The average Bonchev–Trinajstić information content (AvgIpc) is 3.08. The van der Waals surface area contributed by atoms with Crippen LogP contribution in [0.5, 0.6) is 0 Å². The van der Waals surface area contributed by atoms with Crippen LogP contribution in [0.2, 0.25) is 0 Å². The molecular formula is C17H18N2O2S. The van der Waals surface area contributed by atoms with Crippen molar-refractivity contribution >= 4 is 28.8 Å². The largest absolute Gasteiger partial charge is 0.355 e. The summed E-state index contributed by atoms with van der Waals surface area (Å²) >= 11 is 1.60. The number of fused-ring (bicyclic) bond motifs is 1. The van der Waals surface area contributed by atoms with E-state index in [1.165, 1.54) is 0 Å². The molecule has 3 rings (SSSR count). The Labute approximate surface area is 133 Å². The van der Waals surface area contributed by atoms with Crippen molar-refractivity contribution in [3.8, 4) is 0 Å². The normalized spacial score (nSPS) is 13.3. The fourth-order valence-corrected chi connectivity index (χ4v) is 3.36. The summed E-state index contributed by atoms with van der Waals surface area (Å²) in [4.78, 5) is 26.3. The van der Waals surface area contributed by atoms with Crippen LogP contribution in [0.25, 0.3) is 0 Å². The van der Waals surface area contributed by atoms with Crippen molar-refractivity contribution in [2.45, 2.75) is 19.3 Å². The van der Waals surface area contributed by atoms with E-state index >= 15 is 0 Å². The van der Waals surface area contributed by atoms with Gasteiger partial charge in [-0.25, -0.2) is 0 Å². The second-order valence-electron chi connectivity index (χ2n) is 5.45. The number of carbonyl (C=O) groups is 2. The van der Waals surface area contributed by atoms with Crippen LogP contribution >= 0.6 is 11.3 Å². The lowest BCUT2D eigenvalue weighted by atomic mass is 10.1. The van der Waals surface area contributed by atoms with Crippen molar-refractivity contribution in [2.75, 3.05) is 18.5 Å². The first-order valence-electron chi connectivity index (χ1n) is 7.31. The molecule has 0 radical (unpaired) electrons. The molecule has 1 aromatic carbocycles. The molecule has 0 spiro atoms. The Balaban J connectivity index is 1.51. The molecule has 2 heterocycles. The maximum atomic E-state index is 11.8. The molecule has 0 unspecified atom stereocenters. The van der Waals surface area contributed by atoms with Gasteiger partial charge in [-0.2, -0.15) is 0 Å². The van der Waals surface area contributed by atoms with Crippen molar-refractivity contribution in [3.63, 3.8) is 0 Å². The van der Waals surface area contributed by atoms with E-state index in [1.807, 2.05) is 29.6 Å². The highest BCUT2D eigenvalue weighted by molar-refractivity contribution is 7.10. The quantitative estimate of drug-likeness (QED) is 0.919. The molecule has 0 atom stereocenters. The number of nitrogens with zero attached hydrogens (tertiary/aromatic N) is 1. The van der Waals surface area contributed by atoms with Crippen LogP contribution in [0.15, 0.2) is 35.7 Å². The fourth-order valence-electron chi connectivity index (χ4n) is 2.66. The Hall–Kier alpha value is -2.14. The average molecular weight is 314 g/mol. The van der Waals surface area contributed by atoms with E-state index in [0.29, 0.717) is 19.4 Å². The first kappa shape index (κ1) is 14.8. The van der Waals surface area contributed by atoms with Crippen LogP contribution in [-0.2, 0) is 28.9 Å². The highest BCUT2D eigenvalue weighted by Crippen LogP contribution is 2.28. The molecule has 0 saturated heterocycles. The van der Waals surface area contributed by atoms with Gasteiger partial charge in [0.05, 0.1) is 12.8 Å². The smallest absolute Gasteiger partial charge is 0.231 e. The number of thiophene rings is 1. The third-order valence-electron chi connectivity index (χ3n) is 3.87. The van der Waals surface area contributed by atoms with Crippen molar-refractivity contribution in [1.82, 2.24) is 5.32 Å². The van der Waals surface area contributed by atoms with E-state index < -0.39 is 0 Å². The number of anilines is 1. The van der Waals surface area contributed by atoms with E-state index in [9.17, 15) is 9.59 Å². The summed E-state index contributed by atoms with van der Waals surface area (Å²) in [6.45, 7) is 0.618.